The van der Waals surface area contributed by atoms with E-state index in [9.17, 15) is 4.79 Å². The van der Waals surface area contributed by atoms with E-state index in [1.165, 1.54) is 16.7 Å². The fourth-order valence-electron chi connectivity index (χ4n) is 2.85. The molecule has 6 N–H and O–H groups in total. The van der Waals surface area contributed by atoms with Crippen molar-refractivity contribution in [2.75, 3.05) is 0 Å². The Hall–Kier alpha value is -3.05. The van der Waals surface area contributed by atoms with Gasteiger partial charge in [-0.25, -0.2) is 0 Å². The zero-order valence-corrected chi connectivity index (χ0v) is 21.2. The number of hydrogen-bond acceptors (Lipinski definition) is 4. The van der Waals surface area contributed by atoms with E-state index >= 15 is 0 Å². The predicted octanol–water partition coefficient (Wildman–Crippen LogP) is 5.90. The van der Waals surface area contributed by atoms with E-state index in [0.29, 0.717) is 11.4 Å². The molecule has 0 aliphatic heterocycles. The zero-order chi connectivity index (χ0) is 24.8. The summed E-state index contributed by atoms with van der Waals surface area (Å²) in [6, 6.07) is 8.92. The van der Waals surface area contributed by atoms with Gasteiger partial charge in [-0.15, -0.1) is 0 Å². The second kappa shape index (κ2) is 16.5. The van der Waals surface area contributed by atoms with Gasteiger partial charge in [-0.2, -0.15) is 0 Å². The summed E-state index contributed by atoms with van der Waals surface area (Å²) in [6.45, 7) is 11.7. The molecule has 5 nitrogen and oxygen atoms in total. The van der Waals surface area contributed by atoms with Crippen LogP contribution in [0.5, 0.6) is 0 Å². The highest BCUT2D eigenvalue weighted by Gasteiger charge is 2.09. The predicted molar refractivity (Wildman–Crippen MR) is 148 cm³/mol. The van der Waals surface area contributed by atoms with Crippen LogP contribution in [0.15, 0.2) is 83.0 Å². The van der Waals surface area contributed by atoms with E-state index in [4.69, 9.17) is 11.5 Å². The Morgan fingerprint density at radius 2 is 1.79 bits per heavy atom. The first-order chi connectivity index (χ1) is 15.7. The molecule has 0 bridgehead atoms. The van der Waals surface area contributed by atoms with E-state index < -0.39 is 0 Å². The molecule has 0 fully saturated rings. The van der Waals surface area contributed by atoms with Gasteiger partial charge >= 0.3 is 0 Å². The van der Waals surface area contributed by atoms with Gasteiger partial charge in [0.15, 0.2) is 0 Å². The molecular weight excluding hydrogens is 420 g/mol. The lowest BCUT2D eigenvalue weighted by atomic mass is 9.97. The summed E-state index contributed by atoms with van der Waals surface area (Å²) >= 11 is 0. The maximum absolute atomic E-state index is 11.9. The van der Waals surface area contributed by atoms with Gasteiger partial charge in [0.25, 0.3) is 5.91 Å². The summed E-state index contributed by atoms with van der Waals surface area (Å²) < 4.78 is 0. The van der Waals surface area contributed by atoms with Crippen molar-refractivity contribution in [2.45, 2.75) is 80.7 Å². The summed E-state index contributed by atoms with van der Waals surface area (Å²) in [4.78, 5) is 11.9. The second-order valence-corrected chi connectivity index (χ2v) is 8.41. The lowest BCUT2D eigenvalue weighted by molar-refractivity contribution is -0.116. The summed E-state index contributed by atoms with van der Waals surface area (Å²) in [5, 5.41) is 5.76. The first kappa shape index (κ1) is 31.0. The molecule has 1 aromatic carbocycles. The molecule has 1 aliphatic carbocycles. The lowest BCUT2D eigenvalue weighted by Gasteiger charge is -2.11. The molecule has 2 rings (SSSR count). The highest BCUT2D eigenvalue weighted by atomic mass is 16.1. The van der Waals surface area contributed by atoms with Gasteiger partial charge in [-0.1, -0.05) is 75.4 Å². The van der Waals surface area contributed by atoms with Gasteiger partial charge in [0, 0.05) is 17.3 Å². The third-order valence-electron chi connectivity index (χ3n) is 5.53. The number of hydrogen-bond donors (Lipinski definition) is 4. The minimum absolute atomic E-state index is 0. The summed E-state index contributed by atoms with van der Waals surface area (Å²) in [5.74, 6) is 0.272. The van der Waals surface area contributed by atoms with Crippen LogP contribution in [-0.4, -0.2) is 11.9 Å². The number of rotatable bonds is 8. The Bertz CT molecular complexity index is 918. The fraction of sp³-hybridized carbons (Fsp3) is 0.414. The standard InChI is InChI=1S/C14H25N3O.C14H17N.CH4/c1-6-8-9-16-12(5)11(4)14(18)17-13(15)10(3)7-2;1-11-2-4-12(5-3-11)10-13-6-8-14(15)9-7-13;/h8-9,16H,6-7,15H2,1-5H3,(H,17,18);2-8,14H,9-10,15H2,1H3;1H4/b9-8+,12-11+,13-10+;;. The fourth-order valence-corrected chi connectivity index (χ4v) is 2.85. The molecule has 0 spiro atoms. The van der Waals surface area contributed by atoms with E-state index in [1.807, 2.05) is 33.0 Å². The normalized spacial score (nSPS) is 16.3. The van der Waals surface area contributed by atoms with Crippen molar-refractivity contribution < 1.29 is 4.79 Å². The van der Waals surface area contributed by atoms with E-state index in [0.717, 1.165) is 37.0 Å². The minimum Gasteiger partial charge on any atom is -0.385 e. The number of amides is 1. The number of nitrogens with one attached hydrogen (secondary N) is 2. The number of benzene rings is 1. The van der Waals surface area contributed by atoms with Crippen molar-refractivity contribution in [1.29, 1.82) is 0 Å². The third-order valence-corrected chi connectivity index (χ3v) is 5.53. The Morgan fingerprint density at radius 3 is 2.32 bits per heavy atom. The molecule has 1 aliphatic rings. The van der Waals surface area contributed by atoms with Gasteiger partial charge in [-0.05, 0) is 76.3 Å². The van der Waals surface area contributed by atoms with E-state index in [1.54, 1.807) is 6.92 Å². The number of allylic oxidation sites excluding steroid dienone is 5. The average Bonchev–Trinajstić information content (AvgIpc) is 2.81. The van der Waals surface area contributed by atoms with Crippen LogP contribution in [0.1, 0.15) is 72.4 Å². The molecule has 0 saturated carbocycles. The largest absolute Gasteiger partial charge is 0.385 e. The van der Waals surface area contributed by atoms with Crippen molar-refractivity contribution >= 4 is 5.91 Å². The van der Waals surface area contributed by atoms with Crippen LogP contribution in [0.25, 0.3) is 0 Å². The summed E-state index contributed by atoms with van der Waals surface area (Å²) in [5.41, 5.74) is 18.0. The molecule has 0 saturated heterocycles. The molecule has 1 amide bonds. The van der Waals surface area contributed by atoms with Gasteiger partial charge in [0.2, 0.25) is 0 Å². The molecule has 34 heavy (non-hydrogen) atoms. The third kappa shape index (κ3) is 11.7. The van der Waals surface area contributed by atoms with Crippen molar-refractivity contribution in [3.8, 4) is 0 Å². The maximum Gasteiger partial charge on any atom is 0.254 e. The number of carbonyl (C=O) groups excluding carboxylic acids is 1. The SMILES string of the molecule is C.CC/C=C/N/C(C)=C(\C)C(=O)N/C(N)=C(\C)CC.Cc1ccc(CC2=CCC(N)C=C2)cc1. The Morgan fingerprint density at radius 1 is 1.15 bits per heavy atom. The summed E-state index contributed by atoms with van der Waals surface area (Å²) in [7, 11) is 0. The second-order valence-electron chi connectivity index (χ2n) is 8.41. The number of carbonyl (C=O) groups is 1. The quantitative estimate of drug-likeness (QED) is 0.359. The van der Waals surface area contributed by atoms with Crippen molar-refractivity contribution in [2.24, 2.45) is 11.5 Å². The maximum atomic E-state index is 11.9. The minimum atomic E-state index is -0.171. The van der Waals surface area contributed by atoms with Crippen LogP contribution in [-0.2, 0) is 11.2 Å². The molecule has 0 aromatic heterocycles. The summed E-state index contributed by atoms with van der Waals surface area (Å²) in [6.07, 6.45) is 14.1. The van der Waals surface area contributed by atoms with Crippen molar-refractivity contribution in [3.05, 3.63) is 94.1 Å². The monoisotopic (exact) mass is 466 g/mol. The first-order valence-electron chi connectivity index (χ1n) is 11.7. The van der Waals surface area contributed by atoms with Crippen LogP contribution in [0.2, 0.25) is 0 Å². The first-order valence-corrected chi connectivity index (χ1v) is 11.7. The Kier molecular flexibility index (Phi) is 15.1. The van der Waals surface area contributed by atoms with Crippen molar-refractivity contribution in [3.63, 3.8) is 0 Å². The highest BCUT2D eigenvalue weighted by Crippen LogP contribution is 2.15. The number of aryl methyl sites for hydroxylation is 1. The smallest absolute Gasteiger partial charge is 0.254 e. The average molecular weight is 467 g/mol. The van der Waals surface area contributed by atoms with Gasteiger partial charge in [0.05, 0.1) is 0 Å². The molecule has 0 radical (unpaired) electrons. The molecule has 0 heterocycles. The molecule has 1 unspecified atom stereocenters. The number of nitrogens with two attached hydrogens (primary N) is 2. The van der Waals surface area contributed by atoms with Crippen molar-refractivity contribution in [1.82, 2.24) is 10.6 Å². The van der Waals surface area contributed by atoms with Gasteiger partial charge in [0.1, 0.15) is 5.82 Å². The topological polar surface area (TPSA) is 93.2 Å². The van der Waals surface area contributed by atoms with Crippen LogP contribution in [0.3, 0.4) is 0 Å². The van der Waals surface area contributed by atoms with Gasteiger partial charge in [-0.3, -0.25) is 4.79 Å². The molecule has 1 atom stereocenters. The highest BCUT2D eigenvalue weighted by molar-refractivity contribution is 5.94. The lowest BCUT2D eigenvalue weighted by Crippen LogP contribution is -2.30. The zero-order valence-electron chi connectivity index (χ0n) is 21.2. The van der Waals surface area contributed by atoms with E-state index in [2.05, 4.69) is 67.0 Å². The Balaban J connectivity index is 0.000000629. The Labute approximate surface area is 207 Å². The van der Waals surface area contributed by atoms with Crippen LogP contribution >= 0.6 is 0 Å². The molecule has 5 heteroatoms. The molecule has 1 aromatic rings. The van der Waals surface area contributed by atoms with Gasteiger partial charge < -0.3 is 22.1 Å². The van der Waals surface area contributed by atoms with Crippen LogP contribution in [0, 0.1) is 6.92 Å². The van der Waals surface area contributed by atoms with Crippen LogP contribution in [0.4, 0.5) is 0 Å². The van der Waals surface area contributed by atoms with E-state index in [-0.39, 0.29) is 19.4 Å². The molecular formula is C29H46N4O. The molecule has 188 valence electrons. The van der Waals surface area contributed by atoms with Crippen LogP contribution < -0.4 is 22.1 Å².